The van der Waals surface area contributed by atoms with E-state index >= 15 is 0 Å². The van der Waals surface area contributed by atoms with Gasteiger partial charge in [-0.15, -0.1) is 0 Å². The molecule has 0 fully saturated rings. The van der Waals surface area contributed by atoms with Crippen LogP contribution in [0.25, 0.3) is 0 Å². The largest absolute Gasteiger partial charge is 0.483 e. The highest BCUT2D eigenvalue weighted by atomic mass is 79.9. The molecule has 120 valence electrons. The zero-order valence-corrected chi connectivity index (χ0v) is 14.4. The molecule has 0 aliphatic carbocycles. The Morgan fingerprint density at radius 1 is 1.30 bits per heavy atom. The van der Waals surface area contributed by atoms with Crippen molar-refractivity contribution in [2.75, 3.05) is 11.9 Å². The van der Waals surface area contributed by atoms with Crippen LogP contribution < -0.4 is 10.1 Å². The summed E-state index contributed by atoms with van der Waals surface area (Å²) in [6.45, 7) is 3.81. The molecule has 0 spiro atoms. The van der Waals surface area contributed by atoms with Crippen molar-refractivity contribution in [2.45, 2.75) is 13.8 Å². The van der Waals surface area contributed by atoms with Crippen molar-refractivity contribution >= 4 is 33.7 Å². The summed E-state index contributed by atoms with van der Waals surface area (Å²) in [5.41, 5.74) is 3.58. The first-order chi connectivity index (χ1) is 11.0. The lowest BCUT2D eigenvalue weighted by Crippen LogP contribution is -2.20. The number of amides is 1. The van der Waals surface area contributed by atoms with Crippen LogP contribution in [0.4, 0.5) is 5.69 Å². The molecule has 0 saturated heterocycles. The quantitative estimate of drug-likeness (QED) is 0.472. The van der Waals surface area contributed by atoms with E-state index in [4.69, 9.17) is 9.94 Å². The summed E-state index contributed by atoms with van der Waals surface area (Å²) in [5.74, 6) is 0.308. The Morgan fingerprint density at radius 3 is 2.78 bits per heavy atom. The van der Waals surface area contributed by atoms with E-state index in [1.54, 1.807) is 18.2 Å². The Bertz CT molecular complexity index is 745. The minimum Gasteiger partial charge on any atom is -0.483 e. The summed E-state index contributed by atoms with van der Waals surface area (Å²) in [6, 6.07) is 11.0. The molecule has 0 unspecified atom stereocenters. The molecule has 2 N–H and O–H groups in total. The number of aryl methyl sites for hydroxylation is 2. The average molecular weight is 377 g/mol. The van der Waals surface area contributed by atoms with Crippen molar-refractivity contribution in [3.8, 4) is 5.75 Å². The zero-order valence-electron chi connectivity index (χ0n) is 12.8. The van der Waals surface area contributed by atoms with Gasteiger partial charge in [-0.05, 0) is 70.7 Å². The number of ether oxygens (including phenoxy) is 1. The van der Waals surface area contributed by atoms with Gasteiger partial charge in [-0.3, -0.25) is 4.79 Å². The van der Waals surface area contributed by atoms with Gasteiger partial charge < -0.3 is 15.3 Å². The van der Waals surface area contributed by atoms with Crippen molar-refractivity contribution < 1.29 is 14.7 Å². The second-order valence-corrected chi connectivity index (χ2v) is 5.94. The summed E-state index contributed by atoms with van der Waals surface area (Å²) < 4.78 is 6.18. The third kappa shape index (κ3) is 4.82. The van der Waals surface area contributed by atoms with Gasteiger partial charge in [0.25, 0.3) is 5.91 Å². The molecule has 1 amide bonds. The molecule has 0 saturated carbocycles. The number of carbonyl (C=O) groups is 1. The number of benzene rings is 2. The Labute approximate surface area is 143 Å². The predicted octanol–water partition coefficient (Wildman–Crippen LogP) is 3.89. The van der Waals surface area contributed by atoms with E-state index in [9.17, 15) is 4.79 Å². The summed E-state index contributed by atoms with van der Waals surface area (Å²) in [7, 11) is 0. The second-order valence-electron chi connectivity index (χ2n) is 5.09. The monoisotopic (exact) mass is 376 g/mol. The lowest BCUT2D eigenvalue weighted by molar-refractivity contribution is -0.118. The van der Waals surface area contributed by atoms with Crippen LogP contribution in [0.1, 0.15) is 16.7 Å². The number of hydrogen-bond donors (Lipinski definition) is 2. The first-order valence-electron chi connectivity index (χ1n) is 6.96. The Balaban J connectivity index is 1.98. The molecule has 0 aliphatic rings. The van der Waals surface area contributed by atoms with Gasteiger partial charge in [-0.1, -0.05) is 17.3 Å². The molecule has 0 bridgehead atoms. The van der Waals surface area contributed by atoms with Crippen LogP contribution in [-0.2, 0) is 4.79 Å². The first kappa shape index (κ1) is 17.0. The molecule has 23 heavy (non-hydrogen) atoms. The molecule has 0 aliphatic heterocycles. The molecule has 2 rings (SSSR count). The second kappa shape index (κ2) is 7.78. The highest BCUT2D eigenvalue weighted by molar-refractivity contribution is 9.10. The first-order valence-corrected chi connectivity index (χ1v) is 7.76. The maximum Gasteiger partial charge on any atom is 0.262 e. The number of anilines is 1. The molecule has 0 aromatic heterocycles. The van der Waals surface area contributed by atoms with E-state index in [1.165, 1.54) is 6.21 Å². The average Bonchev–Trinajstić information content (AvgIpc) is 2.50. The van der Waals surface area contributed by atoms with Gasteiger partial charge in [0.1, 0.15) is 5.75 Å². The lowest BCUT2D eigenvalue weighted by Gasteiger charge is -2.11. The van der Waals surface area contributed by atoms with E-state index in [0.29, 0.717) is 15.8 Å². The molecule has 0 atom stereocenters. The van der Waals surface area contributed by atoms with Gasteiger partial charge in [0, 0.05) is 5.69 Å². The fourth-order valence-corrected chi connectivity index (χ4v) is 2.49. The van der Waals surface area contributed by atoms with Gasteiger partial charge in [-0.25, -0.2) is 0 Å². The molecule has 6 heteroatoms. The summed E-state index contributed by atoms with van der Waals surface area (Å²) in [5, 5.41) is 14.3. The van der Waals surface area contributed by atoms with Gasteiger partial charge >= 0.3 is 0 Å². The number of hydrogen-bond acceptors (Lipinski definition) is 4. The third-order valence-electron chi connectivity index (χ3n) is 3.19. The van der Waals surface area contributed by atoms with Crippen molar-refractivity contribution in [1.29, 1.82) is 0 Å². The normalized spacial score (nSPS) is 10.7. The van der Waals surface area contributed by atoms with E-state index in [-0.39, 0.29) is 12.5 Å². The van der Waals surface area contributed by atoms with Crippen LogP contribution in [0.15, 0.2) is 46.0 Å². The smallest absolute Gasteiger partial charge is 0.262 e. The summed E-state index contributed by atoms with van der Waals surface area (Å²) in [4.78, 5) is 12.0. The van der Waals surface area contributed by atoms with Crippen molar-refractivity contribution in [2.24, 2.45) is 5.16 Å². The maximum atomic E-state index is 12.0. The number of oxime groups is 1. The fourth-order valence-electron chi connectivity index (χ4n) is 1.98. The number of carbonyl (C=O) groups excluding carboxylic acids is 1. The minimum absolute atomic E-state index is 0.0978. The SMILES string of the molecule is Cc1ccc(C)c(NC(=O)COc2ccc(/C=N/O)cc2Br)c1. The standard InChI is InChI=1S/C17H17BrN2O3/c1-11-3-4-12(2)15(7-11)20-17(21)10-23-16-6-5-13(9-19-22)8-14(16)18/h3-9,22H,10H2,1-2H3,(H,20,21)/b19-9+. The van der Waals surface area contributed by atoms with Crippen LogP contribution in [-0.4, -0.2) is 23.9 Å². The minimum atomic E-state index is -0.230. The highest BCUT2D eigenvalue weighted by Crippen LogP contribution is 2.25. The molecular formula is C17H17BrN2O3. The van der Waals surface area contributed by atoms with Crippen LogP contribution >= 0.6 is 15.9 Å². The van der Waals surface area contributed by atoms with Crippen molar-refractivity contribution in [1.82, 2.24) is 0 Å². The molecule has 0 radical (unpaired) electrons. The number of halogens is 1. The molecule has 0 heterocycles. The third-order valence-corrected chi connectivity index (χ3v) is 3.81. The summed E-state index contributed by atoms with van der Waals surface area (Å²) in [6.07, 6.45) is 1.31. The number of nitrogens with one attached hydrogen (secondary N) is 1. The molecule has 5 nitrogen and oxygen atoms in total. The van der Waals surface area contributed by atoms with Gasteiger partial charge in [0.2, 0.25) is 0 Å². The number of nitrogens with zero attached hydrogens (tertiary/aromatic N) is 1. The van der Waals surface area contributed by atoms with Gasteiger partial charge in [0.05, 0.1) is 10.7 Å². The maximum absolute atomic E-state index is 12.0. The van der Waals surface area contributed by atoms with E-state index < -0.39 is 0 Å². The van der Waals surface area contributed by atoms with Crippen LogP contribution in [0.5, 0.6) is 5.75 Å². The Morgan fingerprint density at radius 2 is 2.09 bits per heavy atom. The topological polar surface area (TPSA) is 70.9 Å². The fraction of sp³-hybridized carbons (Fsp3) is 0.176. The predicted molar refractivity (Wildman–Crippen MR) is 93.6 cm³/mol. The van der Waals surface area contributed by atoms with Crippen molar-refractivity contribution in [3.63, 3.8) is 0 Å². The zero-order chi connectivity index (χ0) is 16.8. The van der Waals surface area contributed by atoms with Crippen molar-refractivity contribution in [3.05, 3.63) is 57.6 Å². The van der Waals surface area contributed by atoms with E-state index in [0.717, 1.165) is 16.8 Å². The Kier molecular flexibility index (Phi) is 5.76. The van der Waals surface area contributed by atoms with Crippen LogP contribution in [0.2, 0.25) is 0 Å². The van der Waals surface area contributed by atoms with Gasteiger partial charge in [-0.2, -0.15) is 0 Å². The number of rotatable bonds is 5. The Hall–Kier alpha value is -2.34. The van der Waals surface area contributed by atoms with Gasteiger partial charge in [0.15, 0.2) is 6.61 Å². The van der Waals surface area contributed by atoms with Crippen LogP contribution in [0.3, 0.4) is 0 Å². The molecule has 2 aromatic rings. The molecule has 2 aromatic carbocycles. The van der Waals surface area contributed by atoms with Crippen LogP contribution in [0, 0.1) is 13.8 Å². The van der Waals surface area contributed by atoms with E-state index in [1.807, 2.05) is 32.0 Å². The lowest BCUT2D eigenvalue weighted by atomic mass is 10.1. The molecular weight excluding hydrogens is 360 g/mol. The van der Waals surface area contributed by atoms with E-state index in [2.05, 4.69) is 26.4 Å². The highest BCUT2D eigenvalue weighted by Gasteiger charge is 2.08. The summed E-state index contributed by atoms with van der Waals surface area (Å²) >= 11 is 3.36.